The third-order valence-corrected chi connectivity index (χ3v) is 5.33. The number of hydrogen-bond acceptors (Lipinski definition) is 4. The molecule has 2 saturated heterocycles. The van der Waals surface area contributed by atoms with Crippen LogP contribution < -0.4 is 5.32 Å². The van der Waals surface area contributed by atoms with Gasteiger partial charge in [0.05, 0.1) is 4.92 Å². The molecule has 0 aliphatic carbocycles. The van der Waals surface area contributed by atoms with Crippen molar-refractivity contribution in [3.63, 3.8) is 0 Å². The van der Waals surface area contributed by atoms with E-state index in [1.54, 1.807) is 12.1 Å². The summed E-state index contributed by atoms with van der Waals surface area (Å²) in [4.78, 5) is 12.9. The second kappa shape index (κ2) is 5.39. The van der Waals surface area contributed by atoms with E-state index in [0.717, 1.165) is 44.4 Å². The number of nitro benzene ring substituents is 1. The van der Waals surface area contributed by atoms with Crippen molar-refractivity contribution in [2.45, 2.75) is 25.8 Å². The topological polar surface area (TPSA) is 58.4 Å². The lowest BCUT2D eigenvalue weighted by Gasteiger charge is -2.35. The number of benzene rings is 1. The number of hydrogen-bond donors (Lipinski definition) is 1. The first-order valence-corrected chi connectivity index (χ1v) is 7.67. The Bertz CT molecular complexity index is 527. The van der Waals surface area contributed by atoms with Gasteiger partial charge in [-0.1, -0.05) is 12.1 Å². The molecule has 2 fully saturated rings. The molecule has 0 aromatic heterocycles. The fraction of sp³-hybridized carbons (Fsp3) is 0.625. The lowest BCUT2D eigenvalue weighted by atomic mass is 9.85. The number of fused-ring (bicyclic) bond motifs is 1. The average Bonchev–Trinajstić information content (AvgIpc) is 3.00. The SMILES string of the molecule is CC1(C)C2CNCC2CN1CCc1ccc([N+](=O)[O-])cc1. The summed E-state index contributed by atoms with van der Waals surface area (Å²) in [5.41, 5.74) is 1.59. The second-order valence-corrected chi connectivity index (χ2v) is 6.80. The molecule has 0 spiro atoms. The zero-order valence-corrected chi connectivity index (χ0v) is 12.7. The van der Waals surface area contributed by atoms with Crippen molar-refractivity contribution < 1.29 is 4.92 Å². The van der Waals surface area contributed by atoms with Gasteiger partial charge in [-0.2, -0.15) is 0 Å². The molecule has 0 bridgehead atoms. The van der Waals surface area contributed by atoms with Crippen molar-refractivity contribution in [3.8, 4) is 0 Å². The van der Waals surface area contributed by atoms with Gasteiger partial charge in [-0.3, -0.25) is 15.0 Å². The molecule has 0 saturated carbocycles. The normalized spacial score (nSPS) is 27.7. The quantitative estimate of drug-likeness (QED) is 0.681. The summed E-state index contributed by atoms with van der Waals surface area (Å²) in [6, 6.07) is 6.96. The fourth-order valence-corrected chi connectivity index (χ4v) is 3.93. The first-order chi connectivity index (χ1) is 9.98. The summed E-state index contributed by atoms with van der Waals surface area (Å²) in [7, 11) is 0. The van der Waals surface area contributed by atoms with Gasteiger partial charge >= 0.3 is 0 Å². The van der Waals surface area contributed by atoms with E-state index in [4.69, 9.17) is 0 Å². The van der Waals surface area contributed by atoms with Crippen LogP contribution in [0.2, 0.25) is 0 Å². The number of likely N-dealkylation sites (tertiary alicyclic amines) is 1. The van der Waals surface area contributed by atoms with Crippen molar-refractivity contribution in [1.29, 1.82) is 0 Å². The Labute approximate surface area is 125 Å². The zero-order valence-electron chi connectivity index (χ0n) is 12.7. The van der Waals surface area contributed by atoms with E-state index in [0.29, 0.717) is 0 Å². The molecule has 114 valence electrons. The molecule has 3 rings (SSSR count). The van der Waals surface area contributed by atoms with Gasteiger partial charge in [0.1, 0.15) is 0 Å². The molecule has 5 nitrogen and oxygen atoms in total. The summed E-state index contributed by atoms with van der Waals surface area (Å²) in [6.45, 7) is 9.16. The fourth-order valence-electron chi connectivity index (χ4n) is 3.93. The van der Waals surface area contributed by atoms with Crippen LogP contribution in [0.25, 0.3) is 0 Å². The molecule has 5 heteroatoms. The maximum atomic E-state index is 10.7. The molecule has 2 atom stereocenters. The van der Waals surface area contributed by atoms with E-state index in [1.807, 2.05) is 12.1 Å². The molecule has 2 aliphatic heterocycles. The lowest BCUT2D eigenvalue weighted by Crippen LogP contribution is -2.45. The highest BCUT2D eigenvalue weighted by Crippen LogP contribution is 2.40. The average molecular weight is 289 g/mol. The molecule has 1 N–H and O–H groups in total. The number of nitro groups is 1. The Hall–Kier alpha value is -1.46. The number of nitrogens with one attached hydrogen (secondary N) is 1. The Morgan fingerprint density at radius 1 is 1.33 bits per heavy atom. The zero-order chi connectivity index (χ0) is 15.0. The van der Waals surface area contributed by atoms with Crippen molar-refractivity contribution in [2.75, 3.05) is 26.2 Å². The predicted molar refractivity (Wildman–Crippen MR) is 82.3 cm³/mol. The van der Waals surface area contributed by atoms with Gasteiger partial charge in [-0.15, -0.1) is 0 Å². The first-order valence-electron chi connectivity index (χ1n) is 7.67. The van der Waals surface area contributed by atoms with Crippen molar-refractivity contribution >= 4 is 5.69 Å². The first kappa shape index (κ1) is 14.5. The van der Waals surface area contributed by atoms with Gasteiger partial charge in [-0.25, -0.2) is 0 Å². The monoisotopic (exact) mass is 289 g/mol. The highest BCUT2D eigenvalue weighted by molar-refractivity contribution is 5.33. The van der Waals surface area contributed by atoms with Gasteiger partial charge < -0.3 is 5.32 Å². The Balaban J connectivity index is 1.61. The van der Waals surface area contributed by atoms with Crippen LogP contribution in [0.3, 0.4) is 0 Å². The Morgan fingerprint density at radius 3 is 2.67 bits per heavy atom. The van der Waals surface area contributed by atoms with E-state index in [-0.39, 0.29) is 16.1 Å². The van der Waals surface area contributed by atoms with Crippen LogP contribution in [-0.2, 0) is 6.42 Å². The maximum absolute atomic E-state index is 10.7. The summed E-state index contributed by atoms with van der Waals surface area (Å²) >= 11 is 0. The summed E-state index contributed by atoms with van der Waals surface area (Å²) in [5.74, 6) is 1.52. The standard InChI is InChI=1S/C16H23N3O2/c1-16(2)15-10-17-9-13(15)11-18(16)8-7-12-3-5-14(6-4-12)19(20)21/h3-6,13,15,17H,7-11H2,1-2H3. The molecular formula is C16H23N3O2. The van der Waals surface area contributed by atoms with Crippen LogP contribution in [0.1, 0.15) is 19.4 Å². The minimum Gasteiger partial charge on any atom is -0.316 e. The number of non-ortho nitro benzene ring substituents is 1. The van der Waals surface area contributed by atoms with Crippen LogP contribution in [0.5, 0.6) is 0 Å². The van der Waals surface area contributed by atoms with Crippen LogP contribution in [0.15, 0.2) is 24.3 Å². The summed E-state index contributed by atoms with van der Waals surface area (Å²) in [5, 5.41) is 14.2. The smallest absolute Gasteiger partial charge is 0.269 e. The molecule has 2 aliphatic rings. The van der Waals surface area contributed by atoms with Crippen molar-refractivity contribution in [3.05, 3.63) is 39.9 Å². The highest BCUT2D eigenvalue weighted by Gasteiger charge is 2.48. The van der Waals surface area contributed by atoms with Crippen molar-refractivity contribution in [1.82, 2.24) is 10.2 Å². The predicted octanol–water partition coefficient (Wildman–Crippen LogP) is 2.07. The van der Waals surface area contributed by atoms with E-state index in [2.05, 4.69) is 24.1 Å². The minimum atomic E-state index is -0.346. The lowest BCUT2D eigenvalue weighted by molar-refractivity contribution is -0.384. The van der Waals surface area contributed by atoms with E-state index in [1.165, 1.54) is 5.56 Å². The van der Waals surface area contributed by atoms with Crippen molar-refractivity contribution in [2.24, 2.45) is 11.8 Å². The van der Waals surface area contributed by atoms with E-state index >= 15 is 0 Å². The molecule has 2 heterocycles. The van der Waals surface area contributed by atoms with Crippen LogP contribution in [-0.4, -0.2) is 41.5 Å². The van der Waals surface area contributed by atoms with Gasteiger partial charge in [0.25, 0.3) is 5.69 Å². The number of nitrogens with zero attached hydrogens (tertiary/aromatic N) is 2. The third-order valence-electron chi connectivity index (χ3n) is 5.33. The molecular weight excluding hydrogens is 266 g/mol. The second-order valence-electron chi connectivity index (χ2n) is 6.80. The van der Waals surface area contributed by atoms with Crippen LogP contribution >= 0.6 is 0 Å². The van der Waals surface area contributed by atoms with Crippen LogP contribution in [0.4, 0.5) is 5.69 Å². The highest BCUT2D eigenvalue weighted by atomic mass is 16.6. The molecule has 0 amide bonds. The molecule has 2 unspecified atom stereocenters. The largest absolute Gasteiger partial charge is 0.316 e. The van der Waals surface area contributed by atoms with E-state index < -0.39 is 0 Å². The minimum absolute atomic E-state index is 0.167. The molecule has 21 heavy (non-hydrogen) atoms. The molecule has 1 aromatic carbocycles. The molecule has 0 radical (unpaired) electrons. The van der Waals surface area contributed by atoms with Crippen LogP contribution in [0, 0.1) is 22.0 Å². The van der Waals surface area contributed by atoms with Gasteiger partial charge in [0.2, 0.25) is 0 Å². The number of rotatable bonds is 4. The molecule has 1 aromatic rings. The van der Waals surface area contributed by atoms with Gasteiger partial charge in [0, 0.05) is 37.3 Å². The summed E-state index contributed by atoms with van der Waals surface area (Å²) in [6.07, 6.45) is 0.953. The Kier molecular flexibility index (Phi) is 3.71. The Morgan fingerprint density at radius 2 is 2.05 bits per heavy atom. The maximum Gasteiger partial charge on any atom is 0.269 e. The van der Waals surface area contributed by atoms with E-state index in [9.17, 15) is 10.1 Å². The third kappa shape index (κ3) is 2.68. The summed E-state index contributed by atoms with van der Waals surface area (Å²) < 4.78 is 0. The van der Waals surface area contributed by atoms with Gasteiger partial charge in [0.15, 0.2) is 0 Å². The van der Waals surface area contributed by atoms with Gasteiger partial charge in [-0.05, 0) is 44.2 Å².